The molecule has 1 atom stereocenters. The quantitative estimate of drug-likeness (QED) is 0.639. The summed E-state index contributed by atoms with van der Waals surface area (Å²) in [6.45, 7) is 6.06. The predicted molar refractivity (Wildman–Crippen MR) is 118 cm³/mol. The third-order valence-corrected chi connectivity index (χ3v) is 5.79. The number of amides is 2. The second-order valence-corrected chi connectivity index (χ2v) is 8.59. The van der Waals surface area contributed by atoms with Crippen LogP contribution in [0.15, 0.2) is 48.5 Å². The van der Waals surface area contributed by atoms with Gasteiger partial charge in [0.25, 0.3) is 0 Å². The van der Waals surface area contributed by atoms with Crippen LogP contribution in [-0.2, 0) is 11.2 Å². The molecule has 0 bridgehead atoms. The summed E-state index contributed by atoms with van der Waals surface area (Å²) in [7, 11) is 1.83. The summed E-state index contributed by atoms with van der Waals surface area (Å²) in [4.78, 5) is 25.2. The van der Waals surface area contributed by atoms with Crippen molar-refractivity contribution in [3.05, 3.63) is 59.7 Å². The molecule has 2 N–H and O–H groups in total. The van der Waals surface area contributed by atoms with Crippen LogP contribution in [0, 0.1) is 6.92 Å². The van der Waals surface area contributed by atoms with Crippen LogP contribution in [0.3, 0.4) is 0 Å². The van der Waals surface area contributed by atoms with Gasteiger partial charge < -0.3 is 24.8 Å². The Morgan fingerprint density at radius 3 is 2.29 bits per heavy atom. The maximum atomic E-state index is 12.2. The number of aryl methyl sites for hydroxylation is 1. The van der Waals surface area contributed by atoms with Crippen LogP contribution < -0.4 is 14.8 Å². The summed E-state index contributed by atoms with van der Waals surface area (Å²) in [6, 6.07) is 15.2. The molecule has 0 unspecified atom stereocenters. The molecule has 0 radical (unpaired) electrons. The number of aliphatic carboxylic acids is 1. The maximum absolute atomic E-state index is 12.2. The fraction of sp³-hybridized carbons (Fsp3) is 0.417. The molecule has 7 nitrogen and oxygen atoms in total. The van der Waals surface area contributed by atoms with E-state index in [2.05, 4.69) is 36.5 Å². The first-order chi connectivity index (χ1) is 14.6. The van der Waals surface area contributed by atoms with Gasteiger partial charge in [-0.1, -0.05) is 29.8 Å². The first-order valence-corrected chi connectivity index (χ1v) is 10.3. The van der Waals surface area contributed by atoms with Crippen molar-refractivity contribution in [1.82, 2.24) is 10.2 Å². The summed E-state index contributed by atoms with van der Waals surface area (Å²) in [6.07, 6.45) is 1.41. The minimum atomic E-state index is -1.31. The number of carbonyl (C=O) groups excluding carboxylic acids is 1. The van der Waals surface area contributed by atoms with Crippen LogP contribution in [0.4, 0.5) is 4.79 Å². The first-order valence-electron chi connectivity index (χ1n) is 10.3. The summed E-state index contributed by atoms with van der Waals surface area (Å²) < 4.78 is 11.4. The van der Waals surface area contributed by atoms with Gasteiger partial charge in [-0.25, -0.2) is 9.59 Å². The molecule has 1 fully saturated rings. The van der Waals surface area contributed by atoms with Crippen molar-refractivity contribution in [2.75, 3.05) is 20.2 Å². The summed E-state index contributed by atoms with van der Waals surface area (Å²) in [5.74, 6) is 0.0855. The van der Waals surface area contributed by atoms with Gasteiger partial charge in [-0.2, -0.15) is 0 Å². The molecule has 2 aromatic rings. The van der Waals surface area contributed by atoms with E-state index < -0.39 is 11.6 Å². The van der Waals surface area contributed by atoms with Crippen molar-refractivity contribution in [3.63, 3.8) is 0 Å². The van der Waals surface area contributed by atoms with Crippen molar-refractivity contribution in [2.45, 2.75) is 44.8 Å². The topological polar surface area (TPSA) is 88.1 Å². The molecule has 1 heterocycles. The highest BCUT2D eigenvalue weighted by atomic mass is 16.5. The third kappa shape index (κ3) is 5.29. The van der Waals surface area contributed by atoms with Gasteiger partial charge in [-0.15, -0.1) is 0 Å². The number of carboxylic acids is 1. The zero-order chi connectivity index (χ0) is 22.6. The van der Waals surface area contributed by atoms with Crippen molar-refractivity contribution in [2.24, 2.45) is 0 Å². The highest BCUT2D eigenvalue weighted by Crippen LogP contribution is 2.29. The Morgan fingerprint density at radius 1 is 1.13 bits per heavy atom. The zero-order valence-electron chi connectivity index (χ0n) is 18.5. The van der Waals surface area contributed by atoms with Crippen LogP contribution in [0.25, 0.3) is 0 Å². The number of hydrogen-bond donors (Lipinski definition) is 2. The molecule has 2 amide bonds. The number of urea groups is 1. The maximum Gasteiger partial charge on any atom is 0.347 e. The van der Waals surface area contributed by atoms with E-state index in [1.807, 2.05) is 7.05 Å². The highest BCUT2D eigenvalue weighted by molar-refractivity contribution is 5.77. The smallest absolute Gasteiger partial charge is 0.347 e. The van der Waals surface area contributed by atoms with E-state index in [1.165, 1.54) is 25.0 Å². The average Bonchev–Trinajstić information content (AvgIpc) is 2.99. The lowest BCUT2D eigenvalue weighted by Gasteiger charge is -2.35. The number of carboxylic acid groups (broad SMARTS) is 1. The highest BCUT2D eigenvalue weighted by Gasteiger charge is 2.43. The Balaban J connectivity index is 1.62. The number of likely N-dealkylation sites (N-methyl/N-ethyl adjacent to an activating group) is 1. The van der Waals surface area contributed by atoms with Crippen LogP contribution in [0.1, 0.15) is 31.4 Å². The van der Waals surface area contributed by atoms with Crippen LogP contribution >= 0.6 is 0 Å². The normalized spacial score (nSPS) is 18.6. The van der Waals surface area contributed by atoms with Gasteiger partial charge in [-0.05, 0) is 57.0 Å². The fourth-order valence-corrected chi connectivity index (χ4v) is 3.61. The largest absolute Gasteiger partial charge is 0.494 e. The molecule has 3 rings (SSSR count). The second-order valence-electron chi connectivity index (χ2n) is 8.59. The van der Waals surface area contributed by atoms with E-state index in [-0.39, 0.29) is 11.6 Å². The molecule has 1 aliphatic heterocycles. The van der Waals surface area contributed by atoms with E-state index in [0.717, 1.165) is 6.42 Å². The van der Waals surface area contributed by atoms with Gasteiger partial charge in [0.2, 0.25) is 0 Å². The molecule has 1 aliphatic rings. The van der Waals surface area contributed by atoms with Gasteiger partial charge in [0, 0.05) is 20.0 Å². The number of ether oxygens (including phenoxy) is 2. The standard InChI is InChI=1S/C24H30N2O5/c1-17-5-7-18(8-6-17)15-24(16-25-22(29)26(24)4)13-14-30-19-9-11-20(12-10-19)31-23(2,3)21(27)28/h5-12H,13-16H2,1-4H3,(H,25,29)(H,27,28)/t24-/m0/s1. The average molecular weight is 427 g/mol. The van der Waals surface area contributed by atoms with Crippen molar-refractivity contribution in [1.29, 1.82) is 0 Å². The third-order valence-electron chi connectivity index (χ3n) is 5.79. The molecule has 7 heteroatoms. The molecule has 0 aromatic heterocycles. The molecule has 0 saturated carbocycles. The SMILES string of the molecule is Cc1ccc(C[C@@]2(CCOc3ccc(OC(C)(C)C(=O)O)cc3)CNC(=O)N2C)cc1. The van der Waals surface area contributed by atoms with Crippen molar-refractivity contribution >= 4 is 12.0 Å². The molecule has 0 spiro atoms. The summed E-state index contributed by atoms with van der Waals surface area (Å²) in [5, 5.41) is 12.1. The Morgan fingerprint density at radius 2 is 1.74 bits per heavy atom. The van der Waals surface area contributed by atoms with Crippen LogP contribution in [0.5, 0.6) is 11.5 Å². The molecule has 31 heavy (non-hydrogen) atoms. The Labute approximate surface area is 183 Å². The summed E-state index contributed by atoms with van der Waals surface area (Å²) in [5.41, 5.74) is 0.712. The fourth-order valence-electron chi connectivity index (χ4n) is 3.61. The Bertz CT molecular complexity index is 924. The summed E-state index contributed by atoms with van der Waals surface area (Å²) >= 11 is 0. The number of nitrogens with zero attached hydrogens (tertiary/aromatic N) is 1. The lowest BCUT2D eigenvalue weighted by atomic mass is 9.87. The Hall–Kier alpha value is -3.22. The molecule has 1 saturated heterocycles. The van der Waals surface area contributed by atoms with E-state index in [1.54, 1.807) is 29.2 Å². The predicted octanol–water partition coefficient (Wildman–Crippen LogP) is 3.64. The first kappa shape index (κ1) is 22.5. The minimum Gasteiger partial charge on any atom is -0.494 e. The number of rotatable bonds is 9. The van der Waals surface area contributed by atoms with Gasteiger partial charge in [-0.3, -0.25) is 0 Å². The molecular weight excluding hydrogens is 396 g/mol. The number of carbonyl (C=O) groups is 2. The van der Waals surface area contributed by atoms with Gasteiger partial charge >= 0.3 is 12.0 Å². The molecule has 166 valence electrons. The van der Waals surface area contributed by atoms with Crippen molar-refractivity contribution in [3.8, 4) is 11.5 Å². The molecule has 2 aromatic carbocycles. The van der Waals surface area contributed by atoms with E-state index in [4.69, 9.17) is 9.47 Å². The number of benzene rings is 2. The second kappa shape index (κ2) is 8.88. The Kier molecular flexibility index (Phi) is 6.43. The lowest BCUT2D eigenvalue weighted by molar-refractivity contribution is -0.152. The van der Waals surface area contributed by atoms with Crippen LogP contribution in [0.2, 0.25) is 0 Å². The van der Waals surface area contributed by atoms with E-state index >= 15 is 0 Å². The van der Waals surface area contributed by atoms with E-state index in [9.17, 15) is 14.7 Å². The minimum absolute atomic E-state index is 0.0744. The van der Waals surface area contributed by atoms with Gasteiger partial charge in [0.15, 0.2) is 5.60 Å². The van der Waals surface area contributed by atoms with Gasteiger partial charge in [0.1, 0.15) is 11.5 Å². The number of nitrogens with one attached hydrogen (secondary N) is 1. The number of hydrogen-bond acceptors (Lipinski definition) is 4. The van der Waals surface area contributed by atoms with Crippen LogP contribution in [-0.4, -0.2) is 53.3 Å². The van der Waals surface area contributed by atoms with Crippen molar-refractivity contribution < 1.29 is 24.2 Å². The molecular formula is C24H30N2O5. The van der Waals surface area contributed by atoms with E-state index in [0.29, 0.717) is 31.1 Å². The van der Waals surface area contributed by atoms with Gasteiger partial charge in [0.05, 0.1) is 12.1 Å². The monoisotopic (exact) mass is 426 g/mol. The lowest BCUT2D eigenvalue weighted by Crippen LogP contribution is -2.47. The molecule has 0 aliphatic carbocycles. The zero-order valence-corrected chi connectivity index (χ0v) is 18.5.